The molecular weight excluding hydrogens is 304 g/mol. The summed E-state index contributed by atoms with van der Waals surface area (Å²) in [5.74, 6) is -0.500. The van der Waals surface area contributed by atoms with Crippen LogP contribution in [0.3, 0.4) is 0 Å². The first-order valence-corrected chi connectivity index (χ1v) is 11.4. The van der Waals surface area contributed by atoms with Crippen LogP contribution in [0.1, 0.15) is 33.1 Å². The summed E-state index contributed by atoms with van der Waals surface area (Å²) in [6, 6.07) is 10.4. The van der Waals surface area contributed by atoms with Crippen LogP contribution in [0.4, 0.5) is 0 Å². The highest BCUT2D eigenvalue weighted by Gasteiger charge is 2.34. The van der Waals surface area contributed by atoms with Gasteiger partial charge in [0.1, 0.15) is 8.07 Å². The number of benzene rings is 1. The van der Waals surface area contributed by atoms with Gasteiger partial charge in [0.15, 0.2) is 0 Å². The molecule has 0 aliphatic carbocycles. The average molecular weight is 335 g/mol. The number of methoxy groups -OCH3 is 1. The van der Waals surface area contributed by atoms with Gasteiger partial charge in [-0.1, -0.05) is 74.2 Å². The first kappa shape index (κ1) is 19.7. The van der Waals surface area contributed by atoms with Crippen molar-refractivity contribution in [1.82, 2.24) is 0 Å². The number of rotatable bonds is 8. The normalized spacial score (nSPS) is 14.0. The molecule has 1 rings (SSSR count). The van der Waals surface area contributed by atoms with Crippen LogP contribution in [0.15, 0.2) is 42.1 Å². The molecule has 4 heteroatoms. The Balaban J connectivity index is 3.06. The van der Waals surface area contributed by atoms with Crippen LogP contribution < -0.4 is 5.19 Å². The largest absolute Gasteiger partial charge is 0.469 e. The van der Waals surface area contributed by atoms with E-state index in [1.807, 2.05) is 26.0 Å². The lowest BCUT2D eigenvalue weighted by molar-refractivity contribution is -0.143. The molecule has 1 N–H and O–H groups in total. The molecule has 1 atom stereocenters. The van der Waals surface area contributed by atoms with Gasteiger partial charge in [-0.25, -0.2) is 0 Å². The van der Waals surface area contributed by atoms with Gasteiger partial charge in [0, 0.05) is 5.92 Å². The van der Waals surface area contributed by atoms with E-state index in [4.69, 9.17) is 4.74 Å². The van der Waals surface area contributed by atoms with Gasteiger partial charge in [0.05, 0.1) is 19.1 Å². The highest BCUT2D eigenvalue weighted by Crippen LogP contribution is 2.30. The minimum Gasteiger partial charge on any atom is -0.469 e. The number of ether oxygens (including phenoxy) is 1. The number of carbonyl (C=O) groups is 1. The lowest BCUT2D eigenvalue weighted by Crippen LogP contribution is -2.41. The topological polar surface area (TPSA) is 46.5 Å². The Bertz CT molecular complexity index is 519. The first-order valence-electron chi connectivity index (χ1n) is 8.33. The van der Waals surface area contributed by atoms with Crippen molar-refractivity contribution in [3.8, 4) is 0 Å². The van der Waals surface area contributed by atoms with Crippen molar-refractivity contribution in [1.29, 1.82) is 0 Å². The van der Waals surface area contributed by atoms with Gasteiger partial charge in [-0.05, 0) is 12.8 Å². The zero-order valence-electron chi connectivity index (χ0n) is 15.0. The summed E-state index contributed by atoms with van der Waals surface area (Å²) in [6.07, 6.45) is 3.49. The molecule has 0 saturated heterocycles. The van der Waals surface area contributed by atoms with Gasteiger partial charge in [0.25, 0.3) is 0 Å². The monoisotopic (exact) mass is 334 g/mol. The summed E-state index contributed by atoms with van der Waals surface area (Å²) in [5, 5.41) is 12.2. The van der Waals surface area contributed by atoms with Gasteiger partial charge in [-0.15, -0.1) is 0 Å². The average Bonchev–Trinajstić information content (AvgIpc) is 2.58. The van der Waals surface area contributed by atoms with E-state index in [9.17, 15) is 9.90 Å². The quantitative estimate of drug-likeness (QED) is 0.585. The number of carbonyl (C=O) groups excluding carboxylic acids is 1. The minimum atomic E-state index is -1.75. The zero-order chi connectivity index (χ0) is 17.5. The molecule has 0 fully saturated rings. The van der Waals surface area contributed by atoms with Gasteiger partial charge >= 0.3 is 5.97 Å². The van der Waals surface area contributed by atoms with E-state index in [1.54, 1.807) is 0 Å². The van der Waals surface area contributed by atoms with Crippen LogP contribution in [0.5, 0.6) is 0 Å². The van der Waals surface area contributed by atoms with E-state index in [-0.39, 0.29) is 18.3 Å². The van der Waals surface area contributed by atoms with E-state index >= 15 is 0 Å². The van der Waals surface area contributed by atoms with Crippen LogP contribution in [-0.4, -0.2) is 31.9 Å². The lowest BCUT2D eigenvalue weighted by Gasteiger charge is -2.33. The van der Waals surface area contributed by atoms with Gasteiger partial charge in [0.2, 0.25) is 0 Å². The summed E-state index contributed by atoms with van der Waals surface area (Å²) < 4.78 is 4.81. The number of aliphatic hydroxyl groups is 1. The second-order valence-corrected chi connectivity index (χ2v) is 11.0. The molecule has 0 aromatic heterocycles. The molecule has 0 aliphatic rings. The Kier molecular flexibility index (Phi) is 7.23. The molecule has 128 valence electrons. The van der Waals surface area contributed by atoms with Gasteiger partial charge < -0.3 is 9.84 Å². The molecule has 0 radical (unpaired) electrons. The maximum absolute atomic E-state index is 11.7. The van der Waals surface area contributed by atoms with Crippen molar-refractivity contribution in [2.75, 3.05) is 7.11 Å². The zero-order valence-corrected chi connectivity index (χ0v) is 16.0. The molecule has 0 saturated carbocycles. The second-order valence-electron chi connectivity index (χ2n) is 6.64. The smallest absolute Gasteiger partial charge is 0.306 e. The van der Waals surface area contributed by atoms with Crippen molar-refractivity contribution < 1.29 is 14.6 Å². The van der Waals surface area contributed by atoms with Gasteiger partial charge in [-0.3, -0.25) is 4.79 Å². The summed E-state index contributed by atoms with van der Waals surface area (Å²) in [7, 11) is -0.360. The fourth-order valence-corrected chi connectivity index (χ4v) is 4.75. The van der Waals surface area contributed by atoms with Gasteiger partial charge in [-0.2, -0.15) is 0 Å². The minimum absolute atomic E-state index is 0.213. The molecule has 1 unspecified atom stereocenters. The van der Waals surface area contributed by atoms with Crippen molar-refractivity contribution in [2.24, 2.45) is 5.92 Å². The number of hydrogen-bond donors (Lipinski definition) is 1. The lowest BCUT2D eigenvalue weighted by atomic mass is 9.81. The van der Waals surface area contributed by atoms with Crippen LogP contribution in [0.2, 0.25) is 13.1 Å². The predicted octanol–water partition coefficient (Wildman–Crippen LogP) is 3.43. The molecule has 3 nitrogen and oxygen atoms in total. The molecule has 0 spiro atoms. The number of hydrogen-bond acceptors (Lipinski definition) is 3. The maximum Gasteiger partial charge on any atom is 0.306 e. The van der Waals surface area contributed by atoms with Crippen molar-refractivity contribution >= 4 is 19.2 Å². The van der Waals surface area contributed by atoms with E-state index in [1.165, 1.54) is 12.3 Å². The third-order valence-electron chi connectivity index (χ3n) is 4.79. The van der Waals surface area contributed by atoms with E-state index < -0.39 is 13.7 Å². The summed E-state index contributed by atoms with van der Waals surface area (Å²) >= 11 is 0. The van der Waals surface area contributed by atoms with Crippen LogP contribution in [0.25, 0.3) is 0 Å². The summed E-state index contributed by atoms with van der Waals surface area (Å²) in [6.45, 7) is 8.46. The fraction of sp³-hybridized carbons (Fsp3) is 0.526. The van der Waals surface area contributed by atoms with Crippen LogP contribution in [0, 0.1) is 5.92 Å². The Morgan fingerprint density at radius 2 is 1.83 bits per heavy atom. The number of esters is 1. The standard InChI is InChI=1S/C19H30O3Si/c1-6-19(21,7-2)16(15-18(20)22-3)13-14-23(4,5)17-11-9-8-10-12-17/h8-14,16,21H,6-7,15H2,1-5H3/b14-13+. The Labute approximate surface area is 141 Å². The van der Waals surface area contributed by atoms with Crippen molar-refractivity contribution in [3.63, 3.8) is 0 Å². The third-order valence-corrected chi connectivity index (χ3v) is 7.64. The second kappa shape index (κ2) is 8.46. The van der Waals surface area contributed by atoms with E-state index in [0.717, 1.165) is 0 Å². The SMILES string of the molecule is CCC(O)(CC)C(/C=C/[Si](C)(C)c1ccccc1)CC(=O)OC. The molecule has 23 heavy (non-hydrogen) atoms. The van der Waals surface area contributed by atoms with Crippen molar-refractivity contribution in [2.45, 2.75) is 51.8 Å². The predicted molar refractivity (Wildman–Crippen MR) is 98.4 cm³/mol. The van der Waals surface area contributed by atoms with Crippen LogP contribution >= 0.6 is 0 Å². The maximum atomic E-state index is 11.7. The molecule has 1 aromatic carbocycles. The van der Waals surface area contributed by atoms with Crippen molar-refractivity contribution in [3.05, 3.63) is 42.1 Å². The summed E-state index contributed by atoms with van der Waals surface area (Å²) in [5.41, 5.74) is 1.36. The Morgan fingerprint density at radius 1 is 1.26 bits per heavy atom. The fourth-order valence-electron chi connectivity index (χ4n) is 2.80. The van der Waals surface area contributed by atoms with E-state index in [0.29, 0.717) is 12.8 Å². The van der Waals surface area contributed by atoms with Crippen LogP contribution in [-0.2, 0) is 9.53 Å². The molecule has 0 amide bonds. The van der Waals surface area contributed by atoms with E-state index in [2.05, 4.69) is 43.1 Å². The molecular formula is C19H30O3Si. The highest BCUT2D eigenvalue weighted by molar-refractivity contribution is 6.93. The molecule has 1 aromatic rings. The first-order chi connectivity index (χ1) is 10.8. The Hall–Kier alpha value is -1.39. The molecule has 0 aliphatic heterocycles. The Morgan fingerprint density at radius 3 is 2.30 bits per heavy atom. The molecule has 0 heterocycles. The third kappa shape index (κ3) is 5.32. The summed E-state index contributed by atoms with van der Waals surface area (Å²) in [4.78, 5) is 11.7. The molecule has 0 bridgehead atoms. The highest BCUT2D eigenvalue weighted by atomic mass is 28.3.